The van der Waals surface area contributed by atoms with Crippen molar-refractivity contribution in [3.63, 3.8) is 0 Å². The Balaban J connectivity index is 1.94. The number of nitrogens with zero attached hydrogens (tertiary/aromatic N) is 3. The van der Waals surface area contributed by atoms with Gasteiger partial charge in [-0.3, -0.25) is 4.68 Å². The SMILES string of the molecule is Cn1nc(-c2nccs2)c(-c2ccc3c(c2)CCCO3)c1C(OC(C)(C)C)C(=O)O. The molecule has 0 bridgehead atoms. The summed E-state index contributed by atoms with van der Waals surface area (Å²) in [4.78, 5) is 16.7. The first-order valence-electron chi connectivity index (χ1n) is 9.88. The van der Waals surface area contributed by atoms with E-state index >= 15 is 0 Å². The third-order valence-corrected chi connectivity index (χ3v) is 5.65. The second kappa shape index (κ2) is 7.85. The van der Waals surface area contributed by atoms with Gasteiger partial charge in [0.05, 0.1) is 17.9 Å². The minimum Gasteiger partial charge on any atom is -0.493 e. The number of hydrogen-bond acceptors (Lipinski definition) is 6. The molecule has 0 amide bonds. The van der Waals surface area contributed by atoms with Gasteiger partial charge in [-0.15, -0.1) is 11.3 Å². The Labute approximate surface area is 179 Å². The zero-order valence-corrected chi connectivity index (χ0v) is 18.3. The van der Waals surface area contributed by atoms with Crippen molar-refractivity contribution in [1.82, 2.24) is 14.8 Å². The molecule has 1 atom stereocenters. The summed E-state index contributed by atoms with van der Waals surface area (Å²) in [5.74, 6) is -0.173. The lowest BCUT2D eigenvalue weighted by Crippen LogP contribution is -2.29. The maximum absolute atomic E-state index is 12.2. The van der Waals surface area contributed by atoms with Gasteiger partial charge in [0.15, 0.2) is 6.10 Å². The molecular formula is C22H25N3O4S. The molecule has 0 fully saturated rings. The zero-order chi connectivity index (χ0) is 21.5. The Morgan fingerprint density at radius 2 is 2.17 bits per heavy atom. The van der Waals surface area contributed by atoms with E-state index in [-0.39, 0.29) is 0 Å². The van der Waals surface area contributed by atoms with Crippen LogP contribution in [0.4, 0.5) is 0 Å². The Morgan fingerprint density at radius 1 is 1.37 bits per heavy atom. The molecule has 1 N–H and O–H groups in total. The van der Waals surface area contributed by atoms with E-state index < -0.39 is 17.7 Å². The van der Waals surface area contributed by atoms with Gasteiger partial charge in [-0.1, -0.05) is 6.07 Å². The highest BCUT2D eigenvalue weighted by atomic mass is 32.1. The quantitative estimate of drug-likeness (QED) is 0.646. The summed E-state index contributed by atoms with van der Waals surface area (Å²) in [5, 5.41) is 17.3. The molecule has 1 aliphatic rings. The van der Waals surface area contributed by atoms with Crippen LogP contribution in [0.1, 0.15) is 44.6 Å². The van der Waals surface area contributed by atoms with Gasteiger partial charge in [0.25, 0.3) is 0 Å². The van der Waals surface area contributed by atoms with Crippen LogP contribution >= 0.6 is 11.3 Å². The van der Waals surface area contributed by atoms with Gasteiger partial charge < -0.3 is 14.6 Å². The molecule has 4 rings (SSSR count). The number of aryl methyl sites for hydroxylation is 2. The number of ether oxygens (including phenoxy) is 2. The first-order chi connectivity index (χ1) is 14.2. The van der Waals surface area contributed by atoms with Crippen LogP contribution in [0.2, 0.25) is 0 Å². The topological polar surface area (TPSA) is 86.5 Å². The standard InChI is InChI=1S/C22H25N3O4S/c1-22(2,3)29-19(21(26)27)18-16(17(24-25(18)4)20-23-9-11-30-20)14-7-8-15-13(12-14)6-5-10-28-15/h7-9,11-12,19H,5-6,10H2,1-4H3,(H,26,27). The molecule has 1 aliphatic heterocycles. The van der Waals surface area contributed by atoms with Crippen LogP contribution in [0.3, 0.4) is 0 Å². The Morgan fingerprint density at radius 3 is 2.83 bits per heavy atom. The molecule has 3 heterocycles. The predicted molar refractivity (Wildman–Crippen MR) is 115 cm³/mol. The molecule has 158 valence electrons. The molecule has 8 heteroatoms. The fraction of sp³-hybridized carbons (Fsp3) is 0.409. The number of hydrogen-bond donors (Lipinski definition) is 1. The molecule has 30 heavy (non-hydrogen) atoms. The van der Waals surface area contributed by atoms with Crippen LogP contribution in [0, 0.1) is 0 Å². The van der Waals surface area contributed by atoms with E-state index in [0.29, 0.717) is 11.4 Å². The third kappa shape index (κ3) is 3.97. The van der Waals surface area contributed by atoms with E-state index in [4.69, 9.17) is 9.47 Å². The lowest BCUT2D eigenvalue weighted by atomic mass is 9.95. The molecule has 0 saturated carbocycles. The lowest BCUT2D eigenvalue weighted by molar-refractivity contribution is -0.161. The van der Waals surface area contributed by atoms with E-state index in [2.05, 4.69) is 16.1 Å². The minimum absolute atomic E-state index is 0.499. The maximum atomic E-state index is 12.2. The first kappa shape index (κ1) is 20.6. The monoisotopic (exact) mass is 427 g/mol. The van der Waals surface area contributed by atoms with Crippen molar-refractivity contribution in [3.05, 3.63) is 41.0 Å². The number of aromatic nitrogens is 3. The van der Waals surface area contributed by atoms with E-state index in [0.717, 1.165) is 46.9 Å². The van der Waals surface area contributed by atoms with Crippen LogP contribution < -0.4 is 4.74 Å². The lowest BCUT2D eigenvalue weighted by Gasteiger charge is -2.26. The van der Waals surface area contributed by atoms with Crippen LogP contribution in [-0.2, 0) is 23.0 Å². The van der Waals surface area contributed by atoms with Gasteiger partial charge in [-0.05, 0) is 56.9 Å². The van der Waals surface area contributed by atoms with E-state index in [9.17, 15) is 9.90 Å². The fourth-order valence-corrected chi connectivity index (χ4v) is 4.33. The second-order valence-corrected chi connectivity index (χ2v) is 9.19. The average Bonchev–Trinajstić information content (AvgIpc) is 3.32. The molecule has 0 spiro atoms. The van der Waals surface area contributed by atoms with Gasteiger partial charge in [0, 0.05) is 24.2 Å². The maximum Gasteiger partial charge on any atom is 0.339 e. The first-order valence-corrected chi connectivity index (χ1v) is 10.8. The van der Waals surface area contributed by atoms with Crippen LogP contribution in [-0.4, -0.2) is 38.0 Å². The summed E-state index contributed by atoms with van der Waals surface area (Å²) in [6.07, 6.45) is 2.44. The third-order valence-electron chi connectivity index (χ3n) is 4.87. The summed E-state index contributed by atoms with van der Waals surface area (Å²) in [6, 6.07) is 5.98. The summed E-state index contributed by atoms with van der Waals surface area (Å²) in [7, 11) is 1.75. The second-order valence-electron chi connectivity index (χ2n) is 8.29. The van der Waals surface area contributed by atoms with E-state index in [1.54, 1.807) is 17.9 Å². The Bertz CT molecular complexity index is 1070. The molecule has 0 saturated heterocycles. The molecular weight excluding hydrogens is 402 g/mol. The zero-order valence-electron chi connectivity index (χ0n) is 17.5. The molecule has 3 aromatic rings. The summed E-state index contributed by atoms with van der Waals surface area (Å²) in [6.45, 7) is 6.25. The molecule has 0 radical (unpaired) electrons. The number of rotatable bonds is 5. The van der Waals surface area contributed by atoms with Crippen LogP contribution in [0.5, 0.6) is 5.75 Å². The Hall–Kier alpha value is -2.71. The number of carbonyl (C=O) groups is 1. The van der Waals surface area contributed by atoms with E-state index in [1.165, 1.54) is 11.3 Å². The van der Waals surface area contributed by atoms with Crippen molar-refractivity contribution in [3.8, 4) is 27.6 Å². The number of fused-ring (bicyclic) bond motifs is 1. The van der Waals surface area contributed by atoms with Crippen LogP contribution in [0.15, 0.2) is 29.8 Å². The Kier molecular flexibility index (Phi) is 5.38. The predicted octanol–water partition coefficient (Wildman–Crippen LogP) is 4.48. The molecule has 7 nitrogen and oxygen atoms in total. The highest BCUT2D eigenvalue weighted by Crippen LogP contribution is 2.41. The summed E-state index contributed by atoms with van der Waals surface area (Å²) in [5.41, 5.74) is 3.24. The molecule has 2 aromatic heterocycles. The van der Waals surface area contributed by atoms with Crippen molar-refractivity contribution in [2.45, 2.75) is 45.3 Å². The normalized spacial score (nSPS) is 14.8. The van der Waals surface area contributed by atoms with Crippen molar-refractivity contribution in [1.29, 1.82) is 0 Å². The van der Waals surface area contributed by atoms with E-state index in [1.807, 2.05) is 38.3 Å². The number of carboxylic acid groups (broad SMARTS) is 1. The average molecular weight is 428 g/mol. The number of benzene rings is 1. The largest absolute Gasteiger partial charge is 0.493 e. The van der Waals surface area contributed by atoms with Gasteiger partial charge in [0.2, 0.25) is 0 Å². The number of aliphatic carboxylic acids is 1. The molecule has 1 aromatic carbocycles. The van der Waals surface area contributed by atoms with Crippen molar-refractivity contribution in [2.75, 3.05) is 6.61 Å². The summed E-state index contributed by atoms with van der Waals surface area (Å²) < 4.78 is 13.3. The van der Waals surface area contributed by atoms with Gasteiger partial charge in [-0.25, -0.2) is 9.78 Å². The number of thiazole rings is 1. The number of carboxylic acids is 1. The summed E-state index contributed by atoms with van der Waals surface area (Å²) >= 11 is 1.47. The van der Waals surface area contributed by atoms with Crippen LogP contribution in [0.25, 0.3) is 21.8 Å². The highest BCUT2D eigenvalue weighted by molar-refractivity contribution is 7.13. The minimum atomic E-state index is -1.17. The van der Waals surface area contributed by atoms with Gasteiger partial charge in [-0.2, -0.15) is 5.10 Å². The smallest absolute Gasteiger partial charge is 0.339 e. The highest BCUT2D eigenvalue weighted by Gasteiger charge is 2.35. The fourth-order valence-electron chi connectivity index (χ4n) is 3.71. The van der Waals surface area contributed by atoms with Crippen molar-refractivity contribution in [2.24, 2.45) is 7.05 Å². The van der Waals surface area contributed by atoms with Gasteiger partial charge in [0.1, 0.15) is 16.5 Å². The van der Waals surface area contributed by atoms with Gasteiger partial charge >= 0.3 is 5.97 Å². The van der Waals surface area contributed by atoms with Crippen molar-refractivity contribution < 1.29 is 19.4 Å². The van der Waals surface area contributed by atoms with Crippen molar-refractivity contribution >= 4 is 17.3 Å². The molecule has 1 unspecified atom stereocenters. The molecule has 0 aliphatic carbocycles.